The zero-order valence-electron chi connectivity index (χ0n) is 9.03. The van der Waals surface area contributed by atoms with Crippen LogP contribution in [0.25, 0.3) is 0 Å². The summed E-state index contributed by atoms with van der Waals surface area (Å²) in [6.45, 7) is 0.950. The Morgan fingerprint density at radius 2 is 2.13 bits per heavy atom. The number of ether oxygens (including phenoxy) is 2. The molecule has 2 heteroatoms. The molecule has 1 saturated carbocycles. The van der Waals surface area contributed by atoms with Crippen molar-refractivity contribution >= 4 is 0 Å². The SMILES string of the molecule is COc1ccc(C23CCC(CO2)C3)cc1. The molecule has 80 valence electrons. The molecule has 1 aromatic rings. The summed E-state index contributed by atoms with van der Waals surface area (Å²) in [5, 5.41) is 0. The fraction of sp³-hybridized carbons (Fsp3) is 0.538. The standard InChI is InChI=1S/C13H16O2/c1-14-12-4-2-11(3-5-12)13-7-6-10(8-13)9-15-13/h2-5,10H,6-9H2,1H3. The van der Waals surface area contributed by atoms with E-state index in [1.165, 1.54) is 24.8 Å². The van der Waals surface area contributed by atoms with Crippen LogP contribution in [-0.2, 0) is 10.3 Å². The van der Waals surface area contributed by atoms with Gasteiger partial charge in [-0.15, -0.1) is 0 Å². The minimum absolute atomic E-state index is 0.0386. The molecule has 2 fully saturated rings. The maximum Gasteiger partial charge on any atom is 0.118 e. The van der Waals surface area contributed by atoms with Gasteiger partial charge in [0.2, 0.25) is 0 Å². The predicted molar refractivity (Wildman–Crippen MR) is 58.0 cm³/mol. The van der Waals surface area contributed by atoms with Crippen molar-refractivity contribution in [3.63, 3.8) is 0 Å². The maximum absolute atomic E-state index is 5.96. The highest BCUT2D eigenvalue weighted by Crippen LogP contribution is 2.50. The van der Waals surface area contributed by atoms with E-state index in [-0.39, 0.29) is 5.60 Å². The van der Waals surface area contributed by atoms with Gasteiger partial charge in [-0.25, -0.2) is 0 Å². The number of methoxy groups -OCH3 is 1. The van der Waals surface area contributed by atoms with Crippen molar-refractivity contribution in [3.05, 3.63) is 29.8 Å². The lowest BCUT2D eigenvalue weighted by atomic mass is 9.92. The van der Waals surface area contributed by atoms with Crippen molar-refractivity contribution in [2.45, 2.75) is 24.9 Å². The van der Waals surface area contributed by atoms with Crippen LogP contribution in [0.4, 0.5) is 0 Å². The average Bonchev–Trinajstić information content (AvgIpc) is 2.90. The van der Waals surface area contributed by atoms with Crippen LogP contribution in [-0.4, -0.2) is 13.7 Å². The maximum atomic E-state index is 5.96. The van der Waals surface area contributed by atoms with Gasteiger partial charge in [0.05, 0.1) is 19.3 Å². The summed E-state index contributed by atoms with van der Waals surface area (Å²) in [6, 6.07) is 8.34. The molecular formula is C13H16O2. The number of hydrogen-bond donors (Lipinski definition) is 0. The summed E-state index contributed by atoms with van der Waals surface area (Å²) in [5.41, 5.74) is 1.36. The molecular weight excluding hydrogens is 188 g/mol. The fourth-order valence-corrected chi connectivity index (χ4v) is 2.90. The monoisotopic (exact) mass is 204 g/mol. The van der Waals surface area contributed by atoms with Crippen molar-refractivity contribution in [1.29, 1.82) is 0 Å². The lowest BCUT2D eigenvalue weighted by Crippen LogP contribution is -2.23. The van der Waals surface area contributed by atoms with Gasteiger partial charge < -0.3 is 9.47 Å². The van der Waals surface area contributed by atoms with E-state index in [0.717, 1.165) is 18.3 Å². The average molecular weight is 204 g/mol. The highest BCUT2D eigenvalue weighted by atomic mass is 16.5. The molecule has 0 spiro atoms. The van der Waals surface area contributed by atoms with E-state index >= 15 is 0 Å². The smallest absolute Gasteiger partial charge is 0.118 e. The summed E-state index contributed by atoms with van der Waals surface area (Å²) in [7, 11) is 1.70. The van der Waals surface area contributed by atoms with Crippen LogP contribution in [0.15, 0.2) is 24.3 Å². The first kappa shape index (κ1) is 9.22. The first-order chi connectivity index (χ1) is 7.32. The summed E-state index contributed by atoms with van der Waals surface area (Å²) in [4.78, 5) is 0. The quantitative estimate of drug-likeness (QED) is 0.737. The van der Waals surface area contributed by atoms with E-state index in [1.54, 1.807) is 7.11 Å². The van der Waals surface area contributed by atoms with E-state index in [9.17, 15) is 0 Å². The molecule has 1 aliphatic carbocycles. The molecule has 1 heterocycles. The normalized spacial score (nSPS) is 33.3. The van der Waals surface area contributed by atoms with Crippen LogP contribution in [0.5, 0.6) is 5.75 Å². The zero-order chi connectivity index (χ0) is 10.3. The van der Waals surface area contributed by atoms with Crippen molar-refractivity contribution in [3.8, 4) is 5.75 Å². The molecule has 2 unspecified atom stereocenters. The van der Waals surface area contributed by atoms with Gasteiger partial charge in [-0.3, -0.25) is 0 Å². The second kappa shape index (κ2) is 3.24. The second-order valence-corrected chi connectivity index (χ2v) is 4.64. The Morgan fingerprint density at radius 1 is 1.33 bits per heavy atom. The summed E-state index contributed by atoms with van der Waals surface area (Å²) in [5.74, 6) is 1.72. The van der Waals surface area contributed by atoms with E-state index in [0.29, 0.717) is 0 Å². The molecule has 0 radical (unpaired) electrons. The molecule has 1 saturated heterocycles. The zero-order valence-corrected chi connectivity index (χ0v) is 9.03. The third kappa shape index (κ3) is 1.36. The third-order valence-electron chi connectivity index (χ3n) is 3.79. The molecule has 0 N–H and O–H groups in total. The minimum atomic E-state index is 0.0386. The van der Waals surface area contributed by atoms with E-state index in [2.05, 4.69) is 12.1 Å². The molecule has 2 bridgehead atoms. The Kier molecular flexibility index (Phi) is 1.99. The highest BCUT2D eigenvalue weighted by molar-refractivity contribution is 5.32. The Bertz CT molecular complexity index is 347. The van der Waals surface area contributed by atoms with E-state index in [4.69, 9.17) is 9.47 Å². The van der Waals surface area contributed by atoms with Crippen molar-refractivity contribution < 1.29 is 9.47 Å². The van der Waals surface area contributed by atoms with Gasteiger partial charge in [-0.1, -0.05) is 12.1 Å². The second-order valence-electron chi connectivity index (χ2n) is 4.64. The molecule has 2 nitrogen and oxygen atoms in total. The van der Waals surface area contributed by atoms with Gasteiger partial charge in [-0.2, -0.15) is 0 Å². The first-order valence-corrected chi connectivity index (χ1v) is 5.61. The highest BCUT2D eigenvalue weighted by Gasteiger charge is 2.47. The van der Waals surface area contributed by atoms with Crippen LogP contribution < -0.4 is 4.74 Å². The Balaban J connectivity index is 1.92. The van der Waals surface area contributed by atoms with Crippen LogP contribution in [0.3, 0.4) is 0 Å². The fourth-order valence-electron chi connectivity index (χ4n) is 2.90. The number of hydrogen-bond acceptors (Lipinski definition) is 2. The molecule has 0 amide bonds. The van der Waals surface area contributed by atoms with Gasteiger partial charge in [0, 0.05) is 0 Å². The topological polar surface area (TPSA) is 18.5 Å². The van der Waals surface area contributed by atoms with Gasteiger partial charge in [0.1, 0.15) is 5.75 Å². The summed E-state index contributed by atoms with van der Waals surface area (Å²) in [6.07, 6.45) is 3.72. The van der Waals surface area contributed by atoms with Crippen molar-refractivity contribution in [2.24, 2.45) is 5.92 Å². The number of benzene rings is 1. The van der Waals surface area contributed by atoms with E-state index in [1.807, 2.05) is 12.1 Å². The lowest BCUT2D eigenvalue weighted by molar-refractivity contribution is -0.0208. The van der Waals surface area contributed by atoms with Crippen LogP contribution >= 0.6 is 0 Å². The van der Waals surface area contributed by atoms with Gasteiger partial charge in [0.25, 0.3) is 0 Å². The van der Waals surface area contributed by atoms with Crippen molar-refractivity contribution in [2.75, 3.05) is 13.7 Å². The van der Waals surface area contributed by atoms with Crippen LogP contribution in [0, 0.1) is 5.92 Å². The van der Waals surface area contributed by atoms with Crippen molar-refractivity contribution in [1.82, 2.24) is 0 Å². The Labute approximate surface area is 90.2 Å². The van der Waals surface area contributed by atoms with Crippen LogP contribution in [0.1, 0.15) is 24.8 Å². The van der Waals surface area contributed by atoms with E-state index < -0.39 is 0 Å². The predicted octanol–water partition coefficient (Wildman–Crippen LogP) is 2.72. The summed E-state index contributed by atoms with van der Waals surface area (Å²) >= 11 is 0. The first-order valence-electron chi connectivity index (χ1n) is 5.61. The molecule has 2 atom stereocenters. The van der Waals surface area contributed by atoms with Gasteiger partial charge in [-0.05, 0) is 42.9 Å². The number of fused-ring (bicyclic) bond motifs is 2. The van der Waals surface area contributed by atoms with Crippen LogP contribution in [0.2, 0.25) is 0 Å². The van der Waals surface area contributed by atoms with Gasteiger partial charge >= 0.3 is 0 Å². The molecule has 3 rings (SSSR count). The molecule has 2 aliphatic rings. The molecule has 1 aromatic carbocycles. The largest absolute Gasteiger partial charge is 0.497 e. The Morgan fingerprint density at radius 3 is 2.60 bits per heavy atom. The number of rotatable bonds is 2. The Hall–Kier alpha value is -1.02. The van der Waals surface area contributed by atoms with Gasteiger partial charge in [0.15, 0.2) is 0 Å². The molecule has 1 aliphatic heterocycles. The molecule has 15 heavy (non-hydrogen) atoms. The lowest BCUT2D eigenvalue weighted by Gasteiger charge is -2.27. The third-order valence-corrected chi connectivity index (χ3v) is 3.79. The molecule has 0 aromatic heterocycles. The minimum Gasteiger partial charge on any atom is -0.497 e. The summed E-state index contributed by atoms with van der Waals surface area (Å²) < 4.78 is 11.1.